The number of phosphoric ester groups is 1. The fourth-order valence-electron chi connectivity index (χ4n) is 0.690. The summed E-state index contributed by atoms with van der Waals surface area (Å²) < 4.78 is 19.2. The van der Waals surface area contributed by atoms with Crippen molar-refractivity contribution in [3.05, 3.63) is 30.3 Å². The second kappa shape index (κ2) is 4.07. The predicted molar refractivity (Wildman–Crippen MR) is 44.0 cm³/mol. The molecule has 13 heavy (non-hydrogen) atoms. The van der Waals surface area contributed by atoms with Crippen molar-refractivity contribution in [1.29, 1.82) is 0 Å². The van der Waals surface area contributed by atoms with E-state index >= 15 is 0 Å². The van der Waals surface area contributed by atoms with E-state index in [0.717, 1.165) is 0 Å². The zero-order valence-electron chi connectivity index (χ0n) is 6.49. The first kappa shape index (κ1) is 9.77. The largest absolute Gasteiger partial charge is 0.586 e. The van der Waals surface area contributed by atoms with Crippen LogP contribution in [0.3, 0.4) is 0 Å². The highest BCUT2D eigenvalue weighted by Gasteiger charge is 2.23. The van der Waals surface area contributed by atoms with Gasteiger partial charge in [-0.05, 0) is 12.1 Å². The summed E-state index contributed by atoms with van der Waals surface area (Å²) >= 11 is 0. The molecular formula is C7H7O5P. The van der Waals surface area contributed by atoms with Crippen molar-refractivity contribution >= 4 is 14.3 Å². The molecule has 0 saturated heterocycles. The first-order valence-corrected chi connectivity index (χ1v) is 4.83. The van der Waals surface area contributed by atoms with Gasteiger partial charge >= 0.3 is 14.3 Å². The van der Waals surface area contributed by atoms with E-state index < -0.39 is 7.82 Å². The Morgan fingerprint density at radius 1 is 1.31 bits per heavy atom. The maximum atomic E-state index is 10.9. The normalized spacial score (nSPS) is 14.2. The molecule has 0 amide bonds. The minimum atomic E-state index is -4.28. The number of hydrogen-bond acceptors (Lipinski definition) is 4. The van der Waals surface area contributed by atoms with Crippen LogP contribution < -0.4 is 4.52 Å². The first-order chi connectivity index (χ1) is 6.14. The van der Waals surface area contributed by atoms with E-state index in [1.165, 1.54) is 12.1 Å². The summed E-state index contributed by atoms with van der Waals surface area (Å²) in [5.41, 5.74) is 0. The lowest BCUT2D eigenvalue weighted by Crippen LogP contribution is -1.95. The molecule has 0 aliphatic rings. The van der Waals surface area contributed by atoms with Gasteiger partial charge < -0.3 is 9.05 Å². The van der Waals surface area contributed by atoms with E-state index in [-0.39, 0.29) is 12.2 Å². The molecule has 70 valence electrons. The Morgan fingerprint density at radius 3 is 2.46 bits per heavy atom. The molecule has 0 aliphatic heterocycles. The minimum absolute atomic E-state index is 0.135. The van der Waals surface area contributed by atoms with Gasteiger partial charge in [-0.1, -0.05) is 18.2 Å². The standard InChI is InChI=1S/C7H7O5P/c8-6-11-13(9,10)12-7-4-2-1-3-5-7/h1-6H,(H,9,10). The highest BCUT2D eigenvalue weighted by Crippen LogP contribution is 2.42. The third-order valence-electron chi connectivity index (χ3n) is 1.14. The van der Waals surface area contributed by atoms with Crippen molar-refractivity contribution in [2.45, 2.75) is 0 Å². The number of carbonyl (C=O) groups is 1. The number of benzene rings is 1. The van der Waals surface area contributed by atoms with E-state index in [9.17, 15) is 9.36 Å². The van der Waals surface area contributed by atoms with E-state index in [4.69, 9.17) is 4.89 Å². The maximum absolute atomic E-state index is 10.9. The molecule has 0 fully saturated rings. The average Bonchev–Trinajstić information content (AvgIpc) is 2.04. The highest BCUT2D eigenvalue weighted by molar-refractivity contribution is 7.48. The lowest BCUT2D eigenvalue weighted by Gasteiger charge is -2.08. The molecule has 5 nitrogen and oxygen atoms in total. The fraction of sp³-hybridized carbons (Fsp3) is 0. The van der Waals surface area contributed by atoms with E-state index in [2.05, 4.69) is 9.05 Å². The molecule has 1 N–H and O–H groups in total. The van der Waals surface area contributed by atoms with E-state index in [0.29, 0.717) is 0 Å². The van der Waals surface area contributed by atoms with Gasteiger partial charge in [0.15, 0.2) is 0 Å². The summed E-state index contributed by atoms with van der Waals surface area (Å²) in [5.74, 6) is 0.162. The van der Waals surface area contributed by atoms with Crippen molar-refractivity contribution < 1.29 is 23.3 Å². The third kappa shape index (κ3) is 3.27. The van der Waals surface area contributed by atoms with Crippen LogP contribution in [0.15, 0.2) is 30.3 Å². The SMILES string of the molecule is O=COP(=O)(O)Oc1ccccc1. The molecule has 1 aromatic carbocycles. The third-order valence-corrected chi connectivity index (χ3v) is 1.93. The van der Waals surface area contributed by atoms with Crippen LogP contribution in [0, 0.1) is 0 Å². The molecule has 0 aliphatic carbocycles. The molecule has 0 bridgehead atoms. The lowest BCUT2D eigenvalue weighted by molar-refractivity contribution is -0.121. The van der Waals surface area contributed by atoms with Gasteiger partial charge in [-0.25, -0.2) is 4.57 Å². The van der Waals surface area contributed by atoms with Crippen LogP contribution in [-0.2, 0) is 13.9 Å². The van der Waals surface area contributed by atoms with Crippen molar-refractivity contribution in [3.63, 3.8) is 0 Å². The Bertz CT molecular complexity index is 323. The van der Waals surface area contributed by atoms with Gasteiger partial charge in [-0.3, -0.25) is 9.69 Å². The molecule has 0 spiro atoms. The molecule has 0 saturated carbocycles. The Hall–Kier alpha value is -1.32. The van der Waals surface area contributed by atoms with Gasteiger partial charge in [0.1, 0.15) is 5.75 Å². The lowest BCUT2D eigenvalue weighted by atomic mass is 10.3. The number of rotatable bonds is 4. The van der Waals surface area contributed by atoms with Gasteiger partial charge in [-0.15, -0.1) is 0 Å². The van der Waals surface area contributed by atoms with Gasteiger partial charge in [0.25, 0.3) is 0 Å². The molecule has 1 atom stereocenters. The van der Waals surface area contributed by atoms with Crippen LogP contribution in [-0.4, -0.2) is 11.4 Å². The number of phosphoric acid groups is 1. The fourth-order valence-corrected chi connectivity index (χ4v) is 1.23. The van der Waals surface area contributed by atoms with Gasteiger partial charge in [0, 0.05) is 0 Å². The van der Waals surface area contributed by atoms with Crippen molar-refractivity contribution in [1.82, 2.24) is 0 Å². The van der Waals surface area contributed by atoms with Crippen LogP contribution in [0.2, 0.25) is 0 Å². The molecule has 0 aromatic heterocycles. The zero-order chi connectivity index (χ0) is 9.73. The summed E-state index contributed by atoms with van der Waals surface area (Å²) in [4.78, 5) is 18.6. The Labute approximate surface area is 74.5 Å². The summed E-state index contributed by atoms with van der Waals surface area (Å²) in [6.45, 7) is -0.135. The average molecular weight is 202 g/mol. The topological polar surface area (TPSA) is 72.8 Å². The summed E-state index contributed by atoms with van der Waals surface area (Å²) in [7, 11) is -4.28. The first-order valence-electron chi connectivity index (χ1n) is 3.33. The quantitative estimate of drug-likeness (QED) is 0.589. The maximum Gasteiger partial charge on any atom is 0.586 e. The highest BCUT2D eigenvalue weighted by atomic mass is 31.2. The molecule has 1 aromatic rings. The second-order valence-electron chi connectivity index (χ2n) is 2.07. The van der Waals surface area contributed by atoms with Crippen LogP contribution in [0.1, 0.15) is 0 Å². The Kier molecular flexibility index (Phi) is 3.06. The molecular weight excluding hydrogens is 195 g/mol. The summed E-state index contributed by atoms with van der Waals surface area (Å²) in [5, 5.41) is 0. The zero-order valence-corrected chi connectivity index (χ0v) is 7.39. The van der Waals surface area contributed by atoms with Gasteiger partial charge in [0.05, 0.1) is 0 Å². The summed E-state index contributed by atoms with van der Waals surface area (Å²) in [6.07, 6.45) is 0. The smallest absolute Gasteiger partial charge is 0.395 e. The summed E-state index contributed by atoms with van der Waals surface area (Å²) in [6, 6.07) is 7.90. The van der Waals surface area contributed by atoms with Crippen LogP contribution in [0.5, 0.6) is 5.75 Å². The molecule has 1 rings (SSSR count). The number of para-hydroxylation sites is 1. The van der Waals surface area contributed by atoms with Gasteiger partial charge in [-0.2, -0.15) is 0 Å². The molecule has 0 radical (unpaired) electrons. The van der Waals surface area contributed by atoms with Crippen LogP contribution >= 0.6 is 7.82 Å². The Morgan fingerprint density at radius 2 is 1.92 bits per heavy atom. The van der Waals surface area contributed by atoms with Crippen molar-refractivity contribution in [2.24, 2.45) is 0 Å². The van der Waals surface area contributed by atoms with Gasteiger partial charge in [0.2, 0.25) is 0 Å². The molecule has 6 heteroatoms. The predicted octanol–water partition coefficient (Wildman–Crippen LogP) is 1.34. The Balaban J connectivity index is 2.69. The van der Waals surface area contributed by atoms with E-state index in [1.54, 1.807) is 18.2 Å². The molecule has 1 unspecified atom stereocenters. The molecule has 0 heterocycles. The second-order valence-corrected chi connectivity index (χ2v) is 3.41. The van der Waals surface area contributed by atoms with Crippen LogP contribution in [0.4, 0.5) is 0 Å². The monoisotopic (exact) mass is 202 g/mol. The van der Waals surface area contributed by atoms with E-state index in [1.807, 2.05) is 0 Å². The number of hydrogen-bond donors (Lipinski definition) is 1. The van der Waals surface area contributed by atoms with Crippen LogP contribution in [0.25, 0.3) is 0 Å². The van der Waals surface area contributed by atoms with Crippen molar-refractivity contribution in [2.75, 3.05) is 0 Å². The van der Waals surface area contributed by atoms with Crippen molar-refractivity contribution in [3.8, 4) is 5.75 Å². The number of carbonyl (C=O) groups excluding carboxylic acids is 1. The minimum Gasteiger partial charge on any atom is -0.395 e.